The van der Waals surface area contributed by atoms with E-state index in [9.17, 15) is 4.79 Å². The Morgan fingerprint density at radius 1 is 1.14 bits per heavy atom. The first-order valence-corrected chi connectivity index (χ1v) is 10.7. The molecule has 146 valence electrons. The van der Waals surface area contributed by atoms with E-state index in [1.165, 1.54) is 11.3 Å². The summed E-state index contributed by atoms with van der Waals surface area (Å²) in [6, 6.07) is 0. The third-order valence-corrected chi connectivity index (χ3v) is 7.09. The molecule has 0 aromatic carbocycles. The van der Waals surface area contributed by atoms with Gasteiger partial charge in [-0.1, -0.05) is 18.0 Å². The summed E-state index contributed by atoms with van der Waals surface area (Å²) in [5.41, 5.74) is 1.37. The summed E-state index contributed by atoms with van der Waals surface area (Å²) in [5, 5.41) is 8.37. The van der Waals surface area contributed by atoms with Gasteiger partial charge in [0.15, 0.2) is 5.82 Å². The minimum absolute atomic E-state index is 0.0859. The molecule has 0 saturated heterocycles. The Hall–Kier alpha value is -2.35. The second kappa shape index (κ2) is 6.34. The second-order valence-corrected chi connectivity index (χ2v) is 9.06. The molecule has 2 fully saturated rings. The zero-order valence-electron chi connectivity index (χ0n) is 16.3. The van der Waals surface area contributed by atoms with Crippen molar-refractivity contribution < 1.29 is 9.32 Å². The molecule has 1 amide bonds. The molecule has 5 rings (SSSR count). The maximum absolute atomic E-state index is 13.3. The number of rotatable bonds is 4. The summed E-state index contributed by atoms with van der Waals surface area (Å²) in [7, 11) is 0. The summed E-state index contributed by atoms with van der Waals surface area (Å²) in [5.74, 6) is 2.43. The van der Waals surface area contributed by atoms with E-state index in [0.29, 0.717) is 22.5 Å². The van der Waals surface area contributed by atoms with Gasteiger partial charge >= 0.3 is 0 Å². The number of hydrogen-bond acceptors (Lipinski definition) is 7. The normalized spacial score (nSPS) is 18.7. The summed E-state index contributed by atoms with van der Waals surface area (Å²) >= 11 is 1.46. The first kappa shape index (κ1) is 17.7. The van der Waals surface area contributed by atoms with Gasteiger partial charge in [-0.15, -0.1) is 11.3 Å². The lowest BCUT2D eigenvalue weighted by Gasteiger charge is -2.26. The van der Waals surface area contributed by atoms with E-state index in [0.717, 1.165) is 65.8 Å². The number of nitrogens with one attached hydrogen (secondary N) is 1. The van der Waals surface area contributed by atoms with Crippen LogP contribution in [0.4, 0.5) is 0 Å². The highest BCUT2D eigenvalue weighted by Gasteiger charge is 2.42. The number of nitrogens with zero attached hydrogens (tertiary/aromatic N) is 4. The third kappa shape index (κ3) is 2.82. The van der Waals surface area contributed by atoms with Crippen LogP contribution in [0.5, 0.6) is 0 Å². The molecule has 1 N–H and O–H groups in total. The number of aryl methyl sites for hydroxylation is 3. The van der Waals surface area contributed by atoms with Crippen molar-refractivity contribution in [1.29, 1.82) is 0 Å². The fourth-order valence-electron chi connectivity index (χ4n) is 4.25. The Morgan fingerprint density at radius 2 is 1.89 bits per heavy atom. The third-order valence-electron chi connectivity index (χ3n) is 5.90. The number of amides is 1. The van der Waals surface area contributed by atoms with E-state index in [1.54, 1.807) is 6.92 Å². The molecule has 3 aromatic rings. The van der Waals surface area contributed by atoms with Crippen LogP contribution in [0.3, 0.4) is 0 Å². The lowest BCUT2D eigenvalue weighted by atomic mass is 9.96. The van der Waals surface area contributed by atoms with Crippen molar-refractivity contribution in [2.75, 3.05) is 0 Å². The molecule has 2 saturated carbocycles. The molecule has 28 heavy (non-hydrogen) atoms. The Balaban J connectivity index is 1.51. The minimum atomic E-state index is -0.544. The molecule has 3 heterocycles. The summed E-state index contributed by atoms with van der Waals surface area (Å²) in [6.45, 7) is 5.77. The number of carbonyl (C=O) groups is 1. The van der Waals surface area contributed by atoms with Crippen LogP contribution in [0.15, 0.2) is 4.52 Å². The zero-order valence-corrected chi connectivity index (χ0v) is 17.2. The van der Waals surface area contributed by atoms with Gasteiger partial charge in [0.25, 0.3) is 5.91 Å². The van der Waals surface area contributed by atoms with Crippen LogP contribution in [0, 0.1) is 20.8 Å². The van der Waals surface area contributed by atoms with Crippen LogP contribution < -0.4 is 5.32 Å². The molecule has 2 aliphatic carbocycles. The maximum Gasteiger partial charge on any atom is 0.262 e. The molecule has 0 unspecified atom stereocenters. The highest BCUT2D eigenvalue weighted by molar-refractivity contribution is 7.20. The van der Waals surface area contributed by atoms with Gasteiger partial charge in [-0.25, -0.2) is 9.97 Å². The first-order chi connectivity index (χ1) is 13.5. The highest BCUT2D eigenvalue weighted by Crippen LogP contribution is 2.41. The first-order valence-electron chi connectivity index (χ1n) is 9.88. The fourth-order valence-corrected chi connectivity index (χ4v) is 5.39. The number of hydrogen-bond donors (Lipinski definition) is 1. The van der Waals surface area contributed by atoms with Crippen LogP contribution in [0.1, 0.15) is 82.9 Å². The predicted molar refractivity (Wildman–Crippen MR) is 106 cm³/mol. The predicted octanol–water partition coefficient (Wildman–Crippen LogP) is 4.08. The molecule has 2 aliphatic rings. The SMILES string of the molecule is Cc1nc(C2(NC(=O)c3sc4nc(C5CC5)nc(C)c4c3C)CCCC2)no1. The van der Waals surface area contributed by atoms with Crippen LogP contribution in [0.25, 0.3) is 10.2 Å². The van der Waals surface area contributed by atoms with Crippen LogP contribution in [-0.2, 0) is 5.54 Å². The van der Waals surface area contributed by atoms with Gasteiger partial charge < -0.3 is 9.84 Å². The summed E-state index contributed by atoms with van der Waals surface area (Å²) in [4.78, 5) is 28.8. The van der Waals surface area contributed by atoms with Crippen molar-refractivity contribution in [3.63, 3.8) is 0 Å². The van der Waals surface area contributed by atoms with E-state index in [2.05, 4.69) is 15.5 Å². The van der Waals surface area contributed by atoms with Crippen molar-refractivity contribution in [3.8, 4) is 0 Å². The Kier molecular flexibility index (Phi) is 4.01. The van der Waals surface area contributed by atoms with E-state index >= 15 is 0 Å². The standard InChI is InChI=1S/C20H23N5O2S/c1-10-14-11(2)21-16(13-6-7-13)23-18(14)28-15(10)17(26)24-20(8-4-5-9-20)19-22-12(3)27-25-19/h13H,4-9H2,1-3H3,(H,24,26). The average molecular weight is 398 g/mol. The van der Waals surface area contributed by atoms with Crippen LogP contribution >= 0.6 is 11.3 Å². The van der Waals surface area contributed by atoms with Crippen LogP contribution in [-0.4, -0.2) is 26.0 Å². The van der Waals surface area contributed by atoms with Crippen LogP contribution in [0.2, 0.25) is 0 Å². The lowest BCUT2D eigenvalue weighted by molar-refractivity contribution is 0.0895. The minimum Gasteiger partial charge on any atom is -0.340 e. The molecular weight excluding hydrogens is 374 g/mol. The molecule has 7 nitrogen and oxygen atoms in total. The number of aromatic nitrogens is 4. The van der Waals surface area contributed by atoms with Crippen molar-refractivity contribution >= 4 is 27.5 Å². The van der Waals surface area contributed by atoms with Crippen molar-refractivity contribution in [1.82, 2.24) is 25.4 Å². The Labute approximate surface area is 167 Å². The lowest BCUT2D eigenvalue weighted by Crippen LogP contribution is -2.44. The van der Waals surface area contributed by atoms with Gasteiger partial charge in [0.05, 0.1) is 10.6 Å². The highest BCUT2D eigenvalue weighted by atomic mass is 32.1. The molecule has 8 heteroatoms. The van der Waals surface area contributed by atoms with E-state index in [4.69, 9.17) is 14.5 Å². The molecule has 3 aromatic heterocycles. The fraction of sp³-hybridized carbons (Fsp3) is 0.550. The number of carbonyl (C=O) groups excluding carboxylic acids is 1. The molecule has 0 radical (unpaired) electrons. The van der Waals surface area contributed by atoms with Crippen molar-refractivity contribution in [2.45, 2.75) is 70.8 Å². The average Bonchev–Trinajstić information content (AvgIpc) is 3.07. The van der Waals surface area contributed by atoms with Gasteiger partial charge in [-0.05, 0) is 45.1 Å². The Morgan fingerprint density at radius 3 is 2.54 bits per heavy atom. The molecule has 0 atom stereocenters. The topological polar surface area (TPSA) is 93.8 Å². The molecule has 0 bridgehead atoms. The van der Waals surface area contributed by atoms with E-state index in [-0.39, 0.29) is 5.91 Å². The van der Waals surface area contributed by atoms with Crippen molar-refractivity contribution in [3.05, 3.63) is 33.7 Å². The molecule has 0 spiro atoms. The zero-order chi connectivity index (χ0) is 19.5. The van der Waals surface area contributed by atoms with Gasteiger partial charge in [0.1, 0.15) is 16.2 Å². The van der Waals surface area contributed by atoms with Gasteiger partial charge in [0, 0.05) is 18.2 Å². The van der Waals surface area contributed by atoms with Gasteiger partial charge in [0.2, 0.25) is 5.89 Å². The maximum atomic E-state index is 13.3. The number of fused-ring (bicyclic) bond motifs is 1. The van der Waals surface area contributed by atoms with E-state index in [1.807, 2.05) is 13.8 Å². The van der Waals surface area contributed by atoms with Gasteiger partial charge in [-0.3, -0.25) is 4.79 Å². The smallest absolute Gasteiger partial charge is 0.262 e. The number of thiophene rings is 1. The van der Waals surface area contributed by atoms with Gasteiger partial charge in [-0.2, -0.15) is 4.98 Å². The second-order valence-electron chi connectivity index (χ2n) is 8.06. The largest absolute Gasteiger partial charge is 0.340 e. The molecular formula is C20H23N5O2S. The monoisotopic (exact) mass is 397 g/mol. The Bertz CT molecular complexity index is 1080. The van der Waals surface area contributed by atoms with E-state index < -0.39 is 5.54 Å². The summed E-state index contributed by atoms with van der Waals surface area (Å²) < 4.78 is 5.19. The molecule has 0 aliphatic heterocycles. The quantitative estimate of drug-likeness (QED) is 0.713. The van der Waals surface area contributed by atoms with Crippen molar-refractivity contribution in [2.24, 2.45) is 0 Å². The summed E-state index contributed by atoms with van der Waals surface area (Å²) in [6.07, 6.45) is 6.05.